The Balaban J connectivity index is 1.37. The van der Waals surface area contributed by atoms with Crippen LogP contribution in [0.2, 0.25) is 0 Å². The summed E-state index contributed by atoms with van der Waals surface area (Å²) in [6.45, 7) is 6.34. The lowest BCUT2D eigenvalue weighted by molar-refractivity contribution is -0.127. The molecule has 0 spiro atoms. The molecular weight excluding hydrogens is 528 g/mol. The van der Waals surface area contributed by atoms with E-state index in [0.29, 0.717) is 42.6 Å². The number of quaternary nitrogens is 1. The van der Waals surface area contributed by atoms with Gasteiger partial charge in [0, 0.05) is 32.0 Å². The van der Waals surface area contributed by atoms with Crippen molar-refractivity contribution < 1.29 is 9.53 Å². The van der Waals surface area contributed by atoms with Gasteiger partial charge < -0.3 is 25.9 Å². The molecule has 3 aliphatic rings. The van der Waals surface area contributed by atoms with Crippen molar-refractivity contribution in [1.82, 2.24) is 24.8 Å². The van der Waals surface area contributed by atoms with Crippen molar-refractivity contribution in [2.75, 3.05) is 31.9 Å². The van der Waals surface area contributed by atoms with Gasteiger partial charge in [-0.25, -0.2) is 4.98 Å². The number of carbonyl (C=O) groups is 1. The van der Waals surface area contributed by atoms with Crippen LogP contribution in [-0.4, -0.2) is 59.0 Å². The minimum absolute atomic E-state index is 0.0542. The summed E-state index contributed by atoms with van der Waals surface area (Å²) in [7, 11) is 0. The Labute approximate surface area is 246 Å². The molecule has 3 N–H and O–H groups in total. The molecule has 0 saturated carbocycles. The van der Waals surface area contributed by atoms with Crippen LogP contribution in [0.15, 0.2) is 73.6 Å². The third kappa shape index (κ3) is 5.25. The predicted molar refractivity (Wildman–Crippen MR) is 163 cm³/mol. The number of piperidine rings is 2. The highest BCUT2D eigenvalue weighted by Crippen LogP contribution is 2.51. The topological polar surface area (TPSA) is 116 Å². The maximum atomic E-state index is 15.3. The summed E-state index contributed by atoms with van der Waals surface area (Å²) >= 11 is 0. The van der Waals surface area contributed by atoms with Gasteiger partial charge in [0.25, 0.3) is 0 Å². The van der Waals surface area contributed by atoms with Crippen LogP contribution < -0.4 is 20.4 Å². The van der Waals surface area contributed by atoms with Gasteiger partial charge >= 0.3 is 0 Å². The fourth-order valence-corrected chi connectivity index (χ4v) is 6.52. The standard InChI is InChI=1S/C33H36N6O3/c1-2-29(40)38-19-16-23(17-20-38)10-15-28-30(24-11-13-27(14-12-24)42-26-8-4-3-5-9-26)31-32(34)36-22-37-33(31)39(28,41)25-7-6-18-35-21-25/h2-5,8-9,11-14,22-23,25,28,30,35H,1,6-7,16-21H2,(H2,34,36,37). The number of nitrogen functional groups attached to an aromatic ring is 1. The Morgan fingerprint density at radius 2 is 1.81 bits per heavy atom. The lowest BCUT2D eigenvalue weighted by Crippen LogP contribution is -2.61. The highest BCUT2D eigenvalue weighted by Gasteiger charge is 2.54. The van der Waals surface area contributed by atoms with Crippen LogP contribution in [0.25, 0.3) is 0 Å². The Morgan fingerprint density at radius 1 is 1.07 bits per heavy atom. The van der Waals surface area contributed by atoms with Gasteiger partial charge in [-0.3, -0.25) is 9.44 Å². The van der Waals surface area contributed by atoms with Gasteiger partial charge in [-0.2, -0.15) is 4.98 Å². The van der Waals surface area contributed by atoms with E-state index in [0.717, 1.165) is 43.5 Å². The average Bonchev–Trinajstić information content (AvgIpc) is 3.30. The Hall–Kier alpha value is -4.23. The van der Waals surface area contributed by atoms with E-state index in [2.05, 4.69) is 33.7 Å². The number of aromatic nitrogens is 2. The van der Waals surface area contributed by atoms with Gasteiger partial charge in [0.2, 0.25) is 11.7 Å². The molecule has 3 aliphatic heterocycles. The molecule has 2 saturated heterocycles. The summed E-state index contributed by atoms with van der Waals surface area (Å²) in [4.78, 5) is 22.8. The van der Waals surface area contributed by atoms with Crippen LogP contribution in [0.5, 0.6) is 11.5 Å². The normalized spacial score (nSPS) is 25.6. The van der Waals surface area contributed by atoms with E-state index in [-0.39, 0.29) is 17.9 Å². The first-order valence-electron chi connectivity index (χ1n) is 14.7. The zero-order valence-electron chi connectivity index (χ0n) is 23.6. The fourth-order valence-electron chi connectivity index (χ4n) is 6.52. The molecule has 6 rings (SSSR count). The summed E-state index contributed by atoms with van der Waals surface area (Å²) in [5, 5.41) is 18.7. The number of carbonyl (C=O) groups excluding carboxylic acids is 1. The first kappa shape index (κ1) is 27.9. The molecule has 1 aromatic heterocycles. The van der Waals surface area contributed by atoms with Crippen LogP contribution >= 0.6 is 0 Å². The van der Waals surface area contributed by atoms with Gasteiger partial charge in [0.15, 0.2) is 6.04 Å². The fraction of sp³-hybridized carbons (Fsp3) is 0.364. The number of hydroxylamine groups is 2. The van der Waals surface area contributed by atoms with Crippen molar-refractivity contribution in [2.45, 2.75) is 43.7 Å². The highest BCUT2D eigenvalue weighted by molar-refractivity contribution is 5.87. The smallest absolute Gasteiger partial charge is 0.245 e. The zero-order chi connectivity index (χ0) is 29.1. The maximum absolute atomic E-state index is 15.3. The van der Waals surface area contributed by atoms with Crippen LogP contribution in [0, 0.1) is 23.0 Å². The van der Waals surface area contributed by atoms with Gasteiger partial charge in [-0.05, 0) is 67.6 Å². The Kier molecular flexibility index (Phi) is 7.94. The van der Waals surface area contributed by atoms with Crippen LogP contribution in [0.3, 0.4) is 0 Å². The van der Waals surface area contributed by atoms with Gasteiger partial charge in [0.05, 0.1) is 11.5 Å². The number of hydrogen-bond donors (Lipinski definition) is 2. The third-order valence-corrected chi connectivity index (χ3v) is 8.71. The lowest BCUT2D eigenvalue weighted by atomic mass is 9.87. The highest BCUT2D eigenvalue weighted by atomic mass is 16.6. The third-order valence-electron chi connectivity index (χ3n) is 8.71. The van der Waals surface area contributed by atoms with Gasteiger partial charge in [-0.15, -0.1) is 0 Å². The number of nitrogens with zero attached hydrogens (tertiary/aromatic N) is 4. The average molecular weight is 565 g/mol. The monoisotopic (exact) mass is 564 g/mol. The molecule has 1 amide bonds. The molecule has 9 heteroatoms. The molecule has 2 aromatic carbocycles. The summed E-state index contributed by atoms with van der Waals surface area (Å²) in [6.07, 6.45) is 5.95. The van der Waals surface area contributed by atoms with Crippen molar-refractivity contribution in [3.05, 3.63) is 89.9 Å². The van der Waals surface area contributed by atoms with E-state index < -0.39 is 16.6 Å². The van der Waals surface area contributed by atoms with Gasteiger partial charge in [0.1, 0.15) is 29.7 Å². The number of nitrogens with one attached hydrogen (secondary N) is 1. The molecule has 4 heterocycles. The quantitative estimate of drug-likeness (QED) is 0.205. The van der Waals surface area contributed by atoms with E-state index in [1.54, 1.807) is 4.90 Å². The number of para-hydroxylation sites is 1. The van der Waals surface area contributed by atoms with Crippen molar-refractivity contribution in [1.29, 1.82) is 0 Å². The number of fused-ring (bicyclic) bond motifs is 1. The first-order chi connectivity index (χ1) is 20.5. The number of nitrogens with two attached hydrogens (primary N) is 1. The molecule has 0 radical (unpaired) electrons. The number of likely N-dealkylation sites (tertiary alicyclic amines) is 1. The van der Waals surface area contributed by atoms with Crippen molar-refractivity contribution in [3.63, 3.8) is 0 Å². The van der Waals surface area contributed by atoms with Crippen molar-refractivity contribution in [2.24, 2.45) is 5.92 Å². The molecular formula is C33H36N6O3. The molecule has 0 aliphatic carbocycles. The molecule has 3 aromatic rings. The Bertz CT molecular complexity index is 1490. The van der Waals surface area contributed by atoms with E-state index >= 15 is 5.21 Å². The Morgan fingerprint density at radius 3 is 2.50 bits per heavy atom. The van der Waals surface area contributed by atoms with Crippen LogP contribution in [0.4, 0.5) is 11.6 Å². The van der Waals surface area contributed by atoms with E-state index in [1.807, 2.05) is 54.6 Å². The maximum Gasteiger partial charge on any atom is 0.245 e. The second kappa shape index (κ2) is 11.9. The number of ether oxygens (including phenoxy) is 1. The molecule has 2 fully saturated rings. The summed E-state index contributed by atoms with van der Waals surface area (Å²) in [6, 6.07) is 16.5. The molecule has 4 unspecified atom stereocenters. The van der Waals surface area contributed by atoms with Crippen molar-refractivity contribution in [3.8, 4) is 23.3 Å². The SMILES string of the molecule is C=CC(=O)N1CCC(C#CC2C(c3ccc(Oc4ccccc4)cc3)c3c(N)ncnc3[N+]2([O-])C2CCCNC2)CC1. The van der Waals surface area contributed by atoms with Crippen LogP contribution in [-0.2, 0) is 4.79 Å². The number of anilines is 1. The molecule has 216 valence electrons. The molecule has 9 nitrogen and oxygen atoms in total. The van der Waals surface area contributed by atoms with E-state index in [1.165, 1.54) is 12.4 Å². The van der Waals surface area contributed by atoms with E-state index in [4.69, 9.17) is 10.5 Å². The largest absolute Gasteiger partial charge is 0.625 e. The number of rotatable bonds is 5. The lowest BCUT2D eigenvalue weighted by Gasteiger charge is -2.49. The molecule has 4 atom stereocenters. The molecule has 0 bridgehead atoms. The first-order valence-corrected chi connectivity index (χ1v) is 14.7. The van der Waals surface area contributed by atoms with E-state index in [9.17, 15) is 4.79 Å². The van der Waals surface area contributed by atoms with Crippen LogP contribution in [0.1, 0.15) is 42.7 Å². The number of benzene rings is 2. The second-order valence-corrected chi connectivity index (χ2v) is 11.2. The molecule has 42 heavy (non-hydrogen) atoms. The number of hydrogen-bond acceptors (Lipinski definition) is 7. The summed E-state index contributed by atoms with van der Waals surface area (Å²) in [5.74, 6) is 8.76. The van der Waals surface area contributed by atoms with Gasteiger partial charge in [-0.1, -0.05) is 42.8 Å². The zero-order valence-corrected chi connectivity index (χ0v) is 23.6. The van der Waals surface area contributed by atoms with Crippen molar-refractivity contribution >= 4 is 17.5 Å². The summed E-state index contributed by atoms with van der Waals surface area (Å²) in [5.41, 5.74) is 8.09. The minimum atomic E-state index is -0.650. The minimum Gasteiger partial charge on any atom is -0.625 e. The number of amides is 1. The summed E-state index contributed by atoms with van der Waals surface area (Å²) < 4.78 is 5.38. The second-order valence-electron chi connectivity index (χ2n) is 11.2. The predicted octanol–water partition coefficient (Wildman–Crippen LogP) is 4.35.